The van der Waals surface area contributed by atoms with E-state index in [4.69, 9.17) is 11.5 Å². The van der Waals surface area contributed by atoms with E-state index in [9.17, 15) is 4.79 Å². The molecule has 6 heteroatoms. The van der Waals surface area contributed by atoms with E-state index >= 15 is 0 Å². The summed E-state index contributed by atoms with van der Waals surface area (Å²) in [7, 11) is 0. The molecule has 56 valence electrons. The van der Waals surface area contributed by atoms with Crippen LogP contribution in [0.4, 0.5) is 4.79 Å². The van der Waals surface area contributed by atoms with E-state index in [0.717, 1.165) is 6.26 Å². The summed E-state index contributed by atoms with van der Waals surface area (Å²) in [6.07, 6.45) is -0.111. The van der Waals surface area contributed by atoms with Gasteiger partial charge in [-0.05, 0) is 0 Å². The lowest BCUT2D eigenvalue weighted by Crippen LogP contribution is -2.24. The fourth-order valence-corrected chi connectivity index (χ4v) is 0.199. The number of hydrogen-bond acceptors (Lipinski definition) is 3. The van der Waals surface area contributed by atoms with E-state index in [1.807, 2.05) is 0 Å². The van der Waals surface area contributed by atoms with Crippen LogP contribution in [0.5, 0.6) is 0 Å². The largest absolute Gasteiger partial charge is 0.479 e. The second kappa shape index (κ2) is 4.19. The fourth-order valence-electron chi connectivity index (χ4n) is 0.199. The van der Waals surface area contributed by atoms with Gasteiger partial charge in [-0.1, -0.05) is 6.58 Å². The highest BCUT2D eigenvalue weighted by Gasteiger charge is 1.98. The molecule has 10 heavy (non-hydrogen) atoms. The third-order valence-corrected chi connectivity index (χ3v) is 0.408. The third-order valence-electron chi connectivity index (χ3n) is 0.408. The molecule has 0 aliphatic heterocycles. The van der Waals surface area contributed by atoms with Crippen molar-refractivity contribution in [1.29, 1.82) is 0 Å². The summed E-state index contributed by atoms with van der Waals surface area (Å²) in [6.45, 7) is 3.10. The maximum atomic E-state index is 10.3. The van der Waals surface area contributed by atoms with Crippen molar-refractivity contribution in [3.05, 3.63) is 12.8 Å². The molecule has 0 aromatic rings. The van der Waals surface area contributed by atoms with Gasteiger partial charge < -0.3 is 11.5 Å². The minimum absolute atomic E-state index is 0.391. The van der Waals surface area contributed by atoms with E-state index in [1.54, 1.807) is 0 Å². The molecule has 4 N–H and O–H groups in total. The second-order valence-electron chi connectivity index (χ2n) is 1.15. The average molecular weight is 145 g/mol. The van der Waals surface area contributed by atoms with Crippen LogP contribution in [0, 0.1) is 0 Å². The van der Waals surface area contributed by atoms with Crippen LogP contribution in [0.25, 0.3) is 0 Å². The molecule has 0 spiro atoms. The van der Waals surface area contributed by atoms with Crippen LogP contribution in [-0.4, -0.2) is 12.1 Å². The van der Waals surface area contributed by atoms with Gasteiger partial charge in [-0.3, -0.25) is 4.89 Å². The molecular formula is C4H7N3O3. The van der Waals surface area contributed by atoms with Crippen molar-refractivity contribution in [2.45, 2.75) is 0 Å². The maximum Gasteiger partial charge on any atom is 0.479 e. The van der Waals surface area contributed by atoms with Gasteiger partial charge in [0.15, 0.2) is 5.96 Å². The molecule has 0 bridgehead atoms. The number of nitrogens with two attached hydrogens (primary N) is 2. The Hall–Kier alpha value is -1.72. The lowest BCUT2D eigenvalue weighted by atomic mass is 11.0. The van der Waals surface area contributed by atoms with Gasteiger partial charge in [0.1, 0.15) is 6.26 Å². The van der Waals surface area contributed by atoms with E-state index in [1.165, 1.54) is 0 Å². The third kappa shape index (κ3) is 4.44. The minimum Gasteiger partial charge on any atom is -0.370 e. The first-order valence-corrected chi connectivity index (χ1v) is 2.24. The number of carbonyl (C=O) groups excluding carboxylic acids is 1. The highest BCUT2D eigenvalue weighted by Crippen LogP contribution is 1.83. The summed E-state index contributed by atoms with van der Waals surface area (Å²) >= 11 is 0. The Morgan fingerprint density at radius 3 is 2.60 bits per heavy atom. The molecule has 0 aliphatic carbocycles. The summed E-state index contributed by atoms with van der Waals surface area (Å²) in [5, 5.41) is 0. The van der Waals surface area contributed by atoms with Crippen molar-refractivity contribution in [1.82, 2.24) is 0 Å². The number of amides is 1. The second-order valence-corrected chi connectivity index (χ2v) is 1.15. The molecule has 0 aromatic heterocycles. The summed E-state index contributed by atoms with van der Waals surface area (Å²) < 4.78 is 0. The van der Waals surface area contributed by atoms with Gasteiger partial charge >= 0.3 is 6.09 Å². The Kier molecular flexibility index (Phi) is 3.47. The van der Waals surface area contributed by atoms with Gasteiger partial charge in [0.05, 0.1) is 0 Å². The average Bonchev–Trinajstić information content (AvgIpc) is 1.82. The molecule has 6 nitrogen and oxygen atoms in total. The number of carbonyl (C=O) groups is 1. The van der Waals surface area contributed by atoms with Gasteiger partial charge in [-0.15, -0.1) is 4.99 Å². The van der Waals surface area contributed by atoms with Crippen molar-refractivity contribution < 1.29 is 14.6 Å². The van der Waals surface area contributed by atoms with Crippen LogP contribution in [-0.2, 0) is 9.78 Å². The highest BCUT2D eigenvalue weighted by atomic mass is 17.2. The lowest BCUT2D eigenvalue weighted by Gasteiger charge is -1.93. The quantitative estimate of drug-likeness (QED) is 0.179. The fraction of sp³-hybridized carbons (Fsp3) is 0. The van der Waals surface area contributed by atoms with E-state index in [2.05, 4.69) is 21.3 Å². The predicted molar refractivity (Wildman–Crippen MR) is 33.6 cm³/mol. The first-order chi connectivity index (χ1) is 4.66. The maximum absolute atomic E-state index is 10.3. The van der Waals surface area contributed by atoms with E-state index < -0.39 is 12.1 Å². The molecule has 0 fully saturated rings. The topological polar surface area (TPSA) is 99.9 Å². The van der Waals surface area contributed by atoms with E-state index in [0.29, 0.717) is 0 Å². The van der Waals surface area contributed by atoms with Crippen molar-refractivity contribution in [2.24, 2.45) is 16.5 Å². The Bertz CT molecular complexity index is 161. The molecule has 0 radical (unpaired) electrons. The van der Waals surface area contributed by atoms with Crippen molar-refractivity contribution in [2.75, 3.05) is 0 Å². The molecule has 0 aliphatic rings. The van der Waals surface area contributed by atoms with Crippen LogP contribution in [0.2, 0.25) is 0 Å². The first-order valence-electron chi connectivity index (χ1n) is 2.24. The zero-order valence-electron chi connectivity index (χ0n) is 5.11. The molecule has 0 atom stereocenters. The predicted octanol–water partition coefficient (Wildman–Crippen LogP) is -0.528. The molecule has 0 saturated heterocycles. The molecular weight excluding hydrogens is 138 g/mol. The summed E-state index contributed by atoms with van der Waals surface area (Å²) in [4.78, 5) is 21.1. The van der Waals surface area contributed by atoms with Crippen LogP contribution in [0.1, 0.15) is 0 Å². The number of nitrogens with zero attached hydrogens (tertiary/aromatic N) is 1. The SMILES string of the molecule is C=COOC(=O)N=C(N)N. The number of guanidine groups is 1. The Balaban J connectivity index is 3.64. The number of rotatable bonds is 2. The van der Waals surface area contributed by atoms with Crippen LogP contribution in [0.15, 0.2) is 17.8 Å². The van der Waals surface area contributed by atoms with Crippen molar-refractivity contribution in [3.63, 3.8) is 0 Å². The summed E-state index contributed by atoms with van der Waals surface area (Å²) in [6, 6.07) is 0. The Morgan fingerprint density at radius 1 is 1.60 bits per heavy atom. The Labute approximate surface area is 57.0 Å². The standard InChI is InChI=1S/C4H7N3O3/c1-2-9-10-4(8)7-3(5)6/h2H,1H2,(H4,5,6,7,8). The summed E-state index contributed by atoms with van der Waals surface area (Å²) in [5.41, 5.74) is 9.62. The Morgan fingerprint density at radius 2 is 2.20 bits per heavy atom. The van der Waals surface area contributed by atoms with Crippen LogP contribution < -0.4 is 11.5 Å². The van der Waals surface area contributed by atoms with Crippen molar-refractivity contribution >= 4 is 12.1 Å². The van der Waals surface area contributed by atoms with Crippen LogP contribution in [0.3, 0.4) is 0 Å². The molecule has 1 amide bonds. The highest BCUT2D eigenvalue weighted by molar-refractivity contribution is 5.87. The van der Waals surface area contributed by atoms with Gasteiger partial charge in [-0.25, -0.2) is 9.68 Å². The molecule has 0 rings (SSSR count). The molecule has 0 saturated carbocycles. The zero-order valence-corrected chi connectivity index (χ0v) is 5.11. The smallest absolute Gasteiger partial charge is 0.370 e. The van der Waals surface area contributed by atoms with Gasteiger partial charge in [-0.2, -0.15) is 0 Å². The number of hydrogen-bond donors (Lipinski definition) is 2. The van der Waals surface area contributed by atoms with Gasteiger partial charge in [0.25, 0.3) is 0 Å². The number of aliphatic imine (C=N–C) groups is 1. The molecule has 0 aromatic carbocycles. The monoisotopic (exact) mass is 145 g/mol. The molecule has 0 unspecified atom stereocenters. The summed E-state index contributed by atoms with van der Waals surface area (Å²) in [5.74, 6) is -0.391. The first kappa shape index (κ1) is 8.28. The normalized spacial score (nSPS) is 7.60. The lowest BCUT2D eigenvalue weighted by molar-refractivity contribution is -0.183. The van der Waals surface area contributed by atoms with Crippen molar-refractivity contribution in [3.8, 4) is 0 Å². The van der Waals surface area contributed by atoms with Crippen LogP contribution >= 0.6 is 0 Å². The van der Waals surface area contributed by atoms with Gasteiger partial charge in [0.2, 0.25) is 0 Å². The zero-order chi connectivity index (χ0) is 7.98. The molecule has 0 heterocycles. The van der Waals surface area contributed by atoms with E-state index in [-0.39, 0.29) is 0 Å². The minimum atomic E-state index is -1.03. The van der Waals surface area contributed by atoms with Gasteiger partial charge in [0, 0.05) is 0 Å².